The number of anilines is 2. The van der Waals surface area contributed by atoms with Gasteiger partial charge in [0.05, 0.1) is 10.9 Å². The number of hydrogen-bond acceptors (Lipinski definition) is 6. The topological polar surface area (TPSA) is 119 Å². The van der Waals surface area contributed by atoms with Gasteiger partial charge in [-0.25, -0.2) is 15.0 Å². The summed E-state index contributed by atoms with van der Waals surface area (Å²) in [5.74, 6) is 0.889. The number of rotatable bonds is 4. The molecule has 172 valence electrons. The van der Waals surface area contributed by atoms with E-state index in [2.05, 4.69) is 36.2 Å². The molecule has 6 rings (SSSR count). The standard InChI is InChI=1S/C24H22BrN7O2/c1-12-5-6-15-14(7-12)21-22(26)27-11-28-23(21)31(15)10-20(33)32-16-8-13(16)9-17(32)24(34)30-19-4-2-3-18(25)29-19/h2-7,11,13,16-17H,8-10H2,1H3,(H2,26,27,28)(H,29,30,34)/t13-,16-,17+/m1/s1. The first-order valence-electron chi connectivity index (χ1n) is 11.1. The van der Waals surface area contributed by atoms with Gasteiger partial charge in [-0.1, -0.05) is 17.7 Å². The number of fused-ring (bicyclic) bond motifs is 4. The quantitative estimate of drug-likeness (QED) is 0.399. The third-order valence-corrected chi connectivity index (χ3v) is 7.22. The number of nitrogens with zero attached hydrogens (tertiary/aromatic N) is 5. The zero-order valence-electron chi connectivity index (χ0n) is 18.4. The van der Waals surface area contributed by atoms with Crippen LogP contribution < -0.4 is 11.1 Å². The number of hydrogen-bond donors (Lipinski definition) is 2. The number of nitrogens with two attached hydrogens (primary N) is 1. The van der Waals surface area contributed by atoms with Crippen molar-refractivity contribution in [2.75, 3.05) is 11.1 Å². The Morgan fingerprint density at radius 2 is 2.06 bits per heavy atom. The molecule has 34 heavy (non-hydrogen) atoms. The summed E-state index contributed by atoms with van der Waals surface area (Å²) in [6, 6.07) is 10.9. The highest BCUT2D eigenvalue weighted by atomic mass is 79.9. The maximum atomic E-state index is 13.6. The second kappa shape index (κ2) is 7.76. The van der Waals surface area contributed by atoms with Crippen molar-refractivity contribution in [3.8, 4) is 0 Å². The van der Waals surface area contributed by atoms with Crippen molar-refractivity contribution in [3.05, 3.63) is 52.9 Å². The van der Waals surface area contributed by atoms with Gasteiger partial charge in [-0.3, -0.25) is 9.59 Å². The Balaban J connectivity index is 1.32. The Morgan fingerprint density at radius 3 is 2.88 bits per heavy atom. The van der Waals surface area contributed by atoms with Crippen LogP contribution in [0.25, 0.3) is 21.9 Å². The summed E-state index contributed by atoms with van der Waals surface area (Å²) in [6.45, 7) is 2.08. The SMILES string of the molecule is Cc1ccc2c(c1)c1c(N)ncnc1n2CC(=O)N1[C@@H]2C[C@@H]2C[C@H]1C(=O)Nc1cccc(Br)n1. The van der Waals surface area contributed by atoms with Gasteiger partial charge in [0.25, 0.3) is 0 Å². The molecule has 9 nitrogen and oxygen atoms in total. The van der Waals surface area contributed by atoms with Crippen LogP contribution in [0.15, 0.2) is 47.3 Å². The highest BCUT2D eigenvalue weighted by Gasteiger charge is 2.56. The number of piperidine rings is 1. The molecule has 1 aliphatic heterocycles. The number of amides is 2. The Hall–Kier alpha value is -3.53. The average Bonchev–Trinajstić information content (AvgIpc) is 3.35. The summed E-state index contributed by atoms with van der Waals surface area (Å²) in [5, 5.41) is 4.53. The third kappa shape index (κ3) is 3.40. The van der Waals surface area contributed by atoms with Gasteiger partial charge in [-0.15, -0.1) is 0 Å². The summed E-state index contributed by atoms with van der Waals surface area (Å²) in [7, 11) is 0. The fraction of sp³-hybridized carbons (Fsp3) is 0.292. The van der Waals surface area contributed by atoms with Crippen LogP contribution in [0.5, 0.6) is 0 Å². The number of nitrogens with one attached hydrogen (secondary N) is 1. The smallest absolute Gasteiger partial charge is 0.248 e. The van der Waals surface area contributed by atoms with Gasteiger partial charge in [0.15, 0.2) is 0 Å². The molecule has 0 radical (unpaired) electrons. The first kappa shape index (κ1) is 21.0. The Kier molecular flexibility index (Phi) is 4.80. The van der Waals surface area contributed by atoms with Crippen molar-refractivity contribution in [2.24, 2.45) is 5.92 Å². The van der Waals surface area contributed by atoms with E-state index in [-0.39, 0.29) is 24.4 Å². The number of benzene rings is 1. The van der Waals surface area contributed by atoms with Crippen molar-refractivity contribution in [3.63, 3.8) is 0 Å². The van der Waals surface area contributed by atoms with Crippen LogP contribution in [0.4, 0.5) is 11.6 Å². The van der Waals surface area contributed by atoms with Crippen LogP contribution in [-0.2, 0) is 16.1 Å². The van der Waals surface area contributed by atoms with E-state index >= 15 is 0 Å². The van der Waals surface area contributed by atoms with Gasteiger partial charge in [-0.05, 0) is 65.9 Å². The molecule has 1 saturated heterocycles. The molecule has 1 saturated carbocycles. The molecule has 0 bridgehead atoms. The number of nitrogen functional groups attached to an aromatic ring is 1. The molecule has 0 unspecified atom stereocenters. The van der Waals surface area contributed by atoms with E-state index in [1.165, 1.54) is 6.33 Å². The summed E-state index contributed by atoms with van der Waals surface area (Å²) < 4.78 is 2.51. The molecule has 2 amide bonds. The van der Waals surface area contributed by atoms with Crippen molar-refractivity contribution < 1.29 is 9.59 Å². The summed E-state index contributed by atoms with van der Waals surface area (Å²) in [5.41, 5.74) is 8.76. The van der Waals surface area contributed by atoms with Crippen LogP contribution in [0.1, 0.15) is 18.4 Å². The minimum atomic E-state index is -0.521. The predicted octanol–water partition coefficient (Wildman–Crippen LogP) is 3.26. The Morgan fingerprint density at radius 1 is 1.21 bits per heavy atom. The molecule has 10 heteroatoms. The highest BCUT2D eigenvalue weighted by molar-refractivity contribution is 9.10. The lowest BCUT2D eigenvalue weighted by molar-refractivity contribution is -0.138. The fourth-order valence-electron chi connectivity index (χ4n) is 5.17. The Labute approximate surface area is 203 Å². The van der Waals surface area contributed by atoms with Gasteiger partial charge in [0.2, 0.25) is 11.8 Å². The summed E-state index contributed by atoms with van der Waals surface area (Å²) in [4.78, 5) is 41.4. The Bertz CT molecular complexity index is 1480. The van der Waals surface area contributed by atoms with E-state index in [0.717, 1.165) is 28.3 Å². The van der Waals surface area contributed by atoms with Gasteiger partial charge in [0, 0.05) is 11.4 Å². The number of halogens is 1. The van der Waals surface area contributed by atoms with Crippen LogP contribution in [0.2, 0.25) is 0 Å². The van der Waals surface area contributed by atoms with Gasteiger partial charge in [-0.2, -0.15) is 0 Å². The second-order valence-corrected chi connectivity index (χ2v) is 9.83. The summed E-state index contributed by atoms with van der Waals surface area (Å²) >= 11 is 3.32. The molecule has 1 aliphatic carbocycles. The molecular weight excluding hydrogens is 498 g/mol. The van der Waals surface area contributed by atoms with Gasteiger partial charge >= 0.3 is 0 Å². The predicted molar refractivity (Wildman–Crippen MR) is 132 cm³/mol. The van der Waals surface area contributed by atoms with Crippen molar-refractivity contribution in [1.29, 1.82) is 0 Å². The van der Waals surface area contributed by atoms with Gasteiger partial charge < -0.3 is 20.5 Å². The number of aryl methyl sites for hydroxylation is 1. The molecule has 3 atom stereocenters. The second-order valence-electron chi connectivity index (χ2n) is 9.01. The molecule has 3 aromatic heterocycles. The maximum Gasteiger partial charge on any atom is 0.248 e. The highest BCUT2D eigenvalue weighted by Crippen LogP contribution is 2.48. The van der Waals surface area contributed by atoms with Crippen molar-refractivity contribution in [2.45, 2.75) is 38.4 Å². The molecule has 4 heterocycles. The van der Waals surface area contributed by atoms with Crippen LogP contribution in [-0.4, -0.2) is 48.3 Å². The van der Waals surface area contributed by atoms with E-state index in [9.17, 15) is 9.59 Å². The average molecular weight is 520 g/mol. The van der Waals surface area contributed by atoms with Crippen LogP contribution >= 0.6 is 15.9 Å². The number of aromatic nitrogens is 4. The molecule has 0 spiro atoms. The van der Waals surface area contributed by atoms with E-state index in [1.807, 2.05) is 29.7 Å². The van der Waals surface area contributed by atoms with Crippen LogP contribution in [0, 0.1) is 12.8 Å². The van der Waals surface area contributed by atoms with E-state index < -0.39 is 6.04 Å². The lowest BCUT2D eigenvalue weighted by atomic mass is 10.1. The third-order valence-electron chi connectivity index (χ3n) is 6.78. The molecule has 3 N–H and O–H groups in total. The maximum absolute atomic E-state index is 13.6. The fourth-order valence-corrected chi connectivity index (χ4v) is 5.51. The monoisotopic (exact) mass is 519 g/mol. The van der Waals surface area contributed by atoms with E-state index in [0.29, 0.717) is 34.2 Å². The van der Waals surface area contributed by atoms with Crippen molar-refractivity contribution >= 4 is 61.3 Å². The molecular formula is C24H22BrN7O2. The van der Waals surface area contributed by atoms with E-state index in [1.54, 1.807) is 23.1 Å². The first-order chi connectivity index (χ1) is 16.4. The zero-order chi connectivity index (χ0) is 23.6. The molecule has 1 aromatic carbocycles. The number of pyridine rings is 1. The first-order valence-corrected chi connectivity index (χ1v) is 11.9. The number of likely N-dealkylation sites (tertiary alicyclic amines) is 1. The van der Waals surface area contributed by atoms with Crippen LogP contribution in [0.3, 0.4) is 0 Å². The van der Waals surface area contributed by atoms with Gasteiger partial charge in [0.1, 0.15) is 40.8 Å². The zero-order valence-corrected chi connectivity index (χ0v) is 20.0. The summed E-state index contributed by atoms with van der Waals surface area (Å²) in [6.07, 6.45) is 3.02. The molecule has 4 aromatic rings. The lowest BCUT2D eigenvalue weighted by Crippen LogP contribution is -2.46. The number of carbonyl (C=O) groups excluding carboxylic acids is 2. The van der Waals surface area contributed by atoms with E-state index in [4.69, 9.17) is 5.73 Å². The largest absolute Gasteiger partial charge is 0.383 e. The molecule has 2 aliphatic rings. The number of carbonyl (C=O) groups is 2. The molecule has 2 fully saturated rings. The normalized spacial score (nSPS) is 21.1. The van der Waals surface area contributed by atoms with Crippen molar-refractivity contribution in [1.82, 2.24) is 24.4 Å². The lowest BCUT2D eigenvalue weighted by Gasteiger charge is -2.27. The minimum Gasteiger partial charge on any atom is -0.383 e. The minimum absolute atomic E-state index is 0.0711.